The normalized spacial score (nSPS) is 12.1. The van der Waals surface area contributed by atoms with Crippen LogP contribution in [0.3, 0.4) is 0 Å². The number of rotatable bonds is 8. The molecule has 0 saturated heterocycles. The van der Waals surface area contributed by atoms with Crippen molar-refractivity contribution in [3.63, 3.8) is 0 Å². The molecule has 1 atom stereocenters. The quantitative estimate of drug-likeness (QED) is 0.411. The van der Waals surface area contributed by atoms with E-state index in [2.05, 4.69) is 15.8 Å². The molecule has 0 radical (unpaired) electrons. The van der Waals surface area contributed by atoms with Gasteiger partial charge in [-0.15, -0.1) is 11.3 Å². The summed E-state index contributed by atoms with van der Waals surface area (Å²) in [6, 6.07) is 8.86. The first-order valence-corrected chi connectivity index (χ1v) is 9.14. The van der Waals surface area contributed by atoms with Crippen molar-refractivity contribution in [3.05, 3.63) is 62.3 Å². The van der Waals surface area contributed by atoms with Gasteiger partial charge in [0.1, 0.15) is 6.04 Å². The van der Waals surface area contributed by atoms with Crippen molar-refractivity contribution < 1.29 is 14.5 Å². The van der Waals surface area contributed by atoms with Gasteiger partial charge >= 0.3 is 0 Å². The van der Waals surface area contributed by atoms with Gasteiger partial charge < -0.3 is 5.32 Å². The van der Waals surface area contributed by atoms with Gasteiger partial charge in [-0.05, 0) is 17.4 Å². The topological polar surface area (TPSA) is 114 Å². The predicted octanol–water partition coefficient (Wildman–Crippen LogP) is 2.49. The van der Waals surface area contributed by atoms with Crippen molar-refractivity contribution in [3.8, 4) is 0 Å². The first-order chi connectivity index (χ1) is 12.9. The van der Waals surface area contributed by atoms with E-state index >= 15 is 0 Å². The molecule has 1 aromatic carbocycles. The van der Waals surface area contributed by atoms with Crippen molar-refractivity contribution in [2.75, 3.05) is 0 Å². The number of nitrogens with one attached hydrogen (secondary N) is 2. The van der Waals surface area contributed by atoms with Crippen molar-refractivity contribution in [2.45, 2.75) is 26.3 Å². The van der Waals surface area contributed by atoms with Crippen LogP contribution in [-0.2, 0) is 16.0 Å². The standard InChI is InChI=1S/C18H20N4O4S/c1-12(2)17(20-16(23)10-15-7-4-8-27-15)18(24)21-19-11-13-5-3-6-14(9-13)22(25)26/h3-9,11-12,17H,10H2,1-2H3,(H,20,23)(H,21,24). The van der Waals surface area contributed by atoms with Crippen molar-refractivity contribution in [1.82, 2.24) is 10.7 Å². The zero-order valence-corrected chi connectivity index (χ0v) is 15.7. The highest BCUT2D eigenvalue weighted by molar-refractivity contribution is 7.10. The molecule has 1 aromatic heterocycles. The molecule has 2 rings (SSSR count). The molecule has 0 saturated carbocycles. The average Bonchev–Trinajstić information content (AvgIpc) is 3.12. The Morgan fingerprint density at radius 1 is 1.30 bits per heavy atom. The van der Waals surface area contributed by atoms with Gasteiger partial charge in [0.05, 0.1) is 17.6 Å². The van der Waals surface area contributed by atoms with Crippen LogP contribution < -0.4 is 10.7 Å². The van der Waals surface area contributed by atoms with E-state index < -0.39 is 16.9 Å². The second-order valence-electron chi connectivity index (χ2n) is 6.13. The molecule has 0 aliphatic heterocycles. The smallest absolute Gasteiger partial charge is 0.270 e. The number of nitro benzene ring substituents is 1. The number of amides is 2. The highest BCUT2D eigenvalue weighted by Crippen LogP contribution is 2.12. The maximum atomic E-state index is 12.3. The zero-order valence-electron chi connectivity index (χ0n) is 14.9. The Morgan fingerprint density at radius 2 is 2.07 bits per heavy atom. The first kappa shape index (κ1) is 20.2. The highest BCUT2D eigenvalue weighted by Gasteiger charge is 2.24. The first-order valence-electron chi connectivity index (χ1n) is 8.26. The fraction of sp³-hybridized carbons (Fsp3) is 0.278. The number of hydrogen-bond donors (Lipinski definition) is 2. The van der Waals surface area contributed by atoms with Crippen molar-refractivity contribution in [2.24, 2.45) is 11.0 Å². The van der Waals surface area contributed by atoms with Crippen LogP contribution in [0.4, 0.5) is 5.69 Å². The van der Waals surface area contributed by atoms with E-state index in [0.29, 0.717) is 5.56 Å². The molecule has 2 aromatic rings. The van der Waals surface area contributed by atoms with Crippen molar-refractivity contribution in [1.29, 1.82) is 0 Å². The summed E-state index contributed by atoms with van der Waals surface area (Å²) >= 11 is 1.48. The van der Waals surface area contributed by atoms with Crippen LogP contribution in [-0.4, -0.2) is 29.0 Å². The van der Waals surface area contributed by atoms with Gasteiger partial charge in [0, 0.05) is 22.6 Å². The molecule has 2 N–H and O–H groups in total. The van der Waals surface area contributed by atoms with E-state index in [-0.39, 0.29) is 23.9 Å². The number of benzene rings is 1. The molecule has 1 unspecified atom stereocenters. The van der Waals surface area contributed by atoms with Gasteiger partial charge in [-0.2, -0.15) is 5.10 Å². The van der Waals surface area contributed by atoms with Crippen LogP contribution in [0.5, 0.6) is 0 Å². The maximum absolute atomic E-state index is 12.3. The SMILES string of the molecule is CC(C)C(NC(=O)Cc1cccs1)C(=O)NN=Cc1cccc([N+](=O)[O-])c1. The van der Waals surface area contributed by atoms with E-state index in [1.807, 2.05) is 31.4 Å². The van der Waals surface area contributed by atoms with Crippen LogP contribution in [0.15, 0.2) is 46.9 Å². The third-order valence-electron chi connectivity index (χ3n) is 3.65. The molecule has 0 aliphatic carbocycles. The summed E-state index contributed by atoms with van der Waals surface area (Å²) in [7, 11) is 0. The summed E-state index contributed by atoms with van der Waals surface area (Å²) in [6.07, 6.45) is 1.53. The molecule has 27 heavy (non-hydrogen) atoms. The molecule has 0 spiro atoms. The van der Waals surface area contributed by atoms with E-state index in [9.17, 15) is 19.7 Å². The number of thiophene rings is 1. The Labute approximate surface area is 160 Å². The number of nitro groups is 1. The second kappa shape index (κ2) is 9.58. The minimum atomic E-state index is -0.736. The average molecular weight is 388 g/mol. The van der Waals surface area contributed by atoms with Crippen molar-refractivity contribution >= 4 is 35.1 Å². The van der Waals surface area contributed by atoms with E-state index in [1.165, 1.54) is 35.8 Å². The molecular formula is C18H20N4O4S. The predicted molar refractivity (Wildman–Crippen MR) is 104 cm³/mol. The number of nitrogens with zero attached hydrogens (tertiary/aromatic N) is 2. The Hall–Kier alpha value is -3.07. The minimum Gasteiger partial charge on any atom is -0.344 e. The minimum absolute atomic E-state index is 0.0637. The van der Waals surface area contributed by atoms with Gasteiger partial charge in [0.15, 0.2) is 0 Å². The Morgan fingerprint density at radius 3 is 2.70 bits per heavy atom. The van der Waals surface area contributed by atoms with E-state index in [4.69, 9.17) is 0 Å². The fourth-order valence-electron chi connectivity index (χ4n) is 2.29. The van der Waals surface area contributed by atoms with Gasteiger partial charge in [0.25, 0.3) is 11.6 Å². The van der Waals surface area contributed by atoms with Gasteiger partial charge in [0.2, 0.25) is 5.91 Å². The fourth-order valence-corrected chi connectivity index (χ4v) is 2.99. The number of carbonyl (C=O) groups is 2. The molecule has 2 amide bonds. The summed E-state index contributed by atoms with van der Waals surface area (Å²) in [5.74, 6) is -0.828. The van der Waals surface area contributed by atoms with Gasteiger partial charge in [-0.3, -0.25) is 19.7 Å². The maximum Gasteiger partial charge on any atom is 0.270 e. The summed E-state index contributed by atoms with van der Waals surface area (Å²) in [4.78, 5) is 35.7. The van der Waals surface area contributed by atoms with Gasteiger partial charge in [-0.25, -0.2) is 5.43 Å². The number of carbonyl (C=O) groups excluding carboxylic acids is 2. The lowest BCUT2D eigenvalue weighted by Crippen LogP contribution is -2.49. The molecule has 0 aliphatic rings. The molecule has 8 nitrogen and oxygen atoms in total. The number of hydrogen-bond acceptors (Lipinski definition) is 6. The van der Waals surface area contributed by atoms with E-state index in [1.54, 1.807) is 6.07 Å². The van der Waals surface area contributed by atoms with E-state index in [0.717, 1.165) is 4.88 Å². The molecular weight excluding hydrogens is 368 g/mol. The van der Waals surface area contributed by atoms with Crippen LogP contribution in [0.1, 0.15) is 24.3 Å². The summed E-state index contributed by atoms with van der Waals surface area (Å²) in [6.45, 7) is 3.64. The van der Waals surface area contributed by atoms with Crippen LogP contribution >= 0.6 is 11.3 Å². The Kier molecular flexibility index (Phi) is 7.18. The molecule has 142 valence electrons. The van der Waals surface area contributed by atoms with Crippen LogP contribution in [0, 0.1) is 16.0 Å². The monoisotopic (exact) mass is 388 g/mol. The second-order valence-corrected chi connectivity index (χ2v) is 7.16. The zero-order chi connectivity index (χ0) is 19.8. The Balaban J connectivity index is 1.95. The summed E-state index contributed by atoms with van der Waals surface area (Å²) < 4.78 is 0. The summed E-state index contributed by atoms with van der Waals surface area (Å²) in [5, 5.41) is 19.2. The summed E-state index contributed by atoms with van der Waals surface area (Å²) in [5.41, 5.74) is 2.79. The lowest BCUT2D eigenvalue weighted by atomic mass is 10.0. The van der Waals surface area contributed by atoms with Crippen LogP contribution in [0.2, 0.25) is 0 Å². The third-order valence-corrected chi connectivity index (χ3v) is 4.53. The number of non-ortho nitro benzene ring substituents is 1. The molecule has 1 heterocycles. The highest BCUT2D eigenvalue weighted by atomic mass is 32.1. The Bertz CT molecular complexity index is 834. The lowest BCUT2D eigenvalue weighted by Gasteiger charge is -2.20. The molecule has 0 bridgehead atoms. The lowest BCUT2D eigenvalue weighted by molar-refractivity contribution is -0.384. The number of hydrazone groups is 1. The van der Waals surface area contributed by atoms with Gasteiger partial charge in [-0.1, -0.05) is 32.0 Å². The third kappa shape index (κ3) is 6.30. The molecule has 9 heteroatoms. The molecule has 0 fully saturated rings. The van der Waals surface area contributed by atoms with Crippen LogP contribution in [0.25, 0.3) is 0 Å². The largest absolute Gasteiger partial charge is 0.344 e.